The van der Waals surface area contributed by atoms with Crippen LogP contribution in [0, 0.1) is 0 Å². The molecule has 0 aromatic carbocycles. The van der Waals surface area contributed by atoms with E-state index < -0.39 is 0 Å². The van der Waals surface area contributed by atoms with Crippen LogP contribution < -0.4 is 5.73 Å². The molecule has 1 unspecified atom stereocenters. The van der Waals surface area contributed by atoms with Gasteiger partial charge < -0.3 is 10.3 Å². The number of hydrogen-bond donors (Lipinski definition) is 1. The highest BCUT2D eigenvalue weighted by Gasteiger charge is 2.12. The zero-order chi connectivity index (χ0) is 9.97. The van der Waals surface area contributed by atoms with E-state index in [0.717, 1.165) is 10.7 Å². The minimum Gasteiger partial charge on any atom is -0.325 e. The van der Waals surface area contributed by atoms with Crippen LogP contribution in [0.25, 0.3) is 0 Å². The molecule has 1 atom stereocenters. The number of rotatable bonds is 3. The van der Waals surface area contributed by atoms with Crippen LogP contribution in [-0.4, -0.2) is 14.5 Å². The summed E-state index contributed by atoms with van der Waals surface area (Å²) < 4.78 is 2.05. The van der Waals surface area contributed by atoms with E-state index in [2.05, 4.69) is 21.5 Å². The van der Waals surface area contributed by atoms with E-state index in [0.29, 0.717) is 6.54 Å². The summed E-state index contributed by atoms with van der Waals surface area (Å²) in [6, 6.07) is 0.219. The third kappa shape index (κ3) is 1.56. The van der Waals surface area contributed by atoms with Gasteiger partial charge in [0, 0.05) is 24.3 Å². The molecule has 0 aliphatic carbocycles. The maximum atomic E-state index is 5.61. The van der Waals surface area contributed by atoms with Gasteiger partial charge >= 0.3 is 0 Å². The molecule has 0 amide bonds. The van der Waals surface area contributed by atoms with Crippen molar-refractivity contribution in [1.29, 1.82) is 0 Å². The van der Waals surface area contributed by atoms with Crippen molar-refractivity contribution in [3.8, 4) is 0 Å². The largest absolute Gasteiger partial charge is 0.325 e. The highest BCUT2D eigenvalue weighted by Crippen LogP contribution is 2.20. The Hall–Kier alpha value is -1.20. The lowest BCUT2D eigenvalue weighted by molar-refractivity contribution is 0.605. The van der Waals surface area contributed by atoms with Crippen molar-refractivity contribution in [1.82, 2.24) is 14.5 Å². The van der Waals surface area contributed by atoms with Gasteiger partial charge in [-0.2, -0.15) is 0 Å². The summed E-state index contributed by atoms with van der Waals surface area (Å²) in [7, 11) is 0. The fraction of sp³-hybridized carbons (Fsp3) is 0.333. The van der Waals surface area contributed by atoms with Crippen LogP contribution in [-0.2, 0) is 6.54 Å². The fourth-order valence-corrected chi connectivity index (χ4v) is 2.09. The molecule has 74 valence electrons. The maximum Gasteiger partial charge on any atom is 0.115 e. The molecule has 0 spiro atoms. The van der Waals surface area contributed by atoms with Gasteiger partial charge in [-0.15, -0.1) is 11.3 Å². The Labute approximate surface area is 86.4 Å². The molecular weight excluding hydrogens is 196 g/mol. The van der Waals surface area contributed by atoms with Crippen molar-refractivity contribution in [3.05, 3.63) is 34.8 Å². The Morgan fingerprint density at radius 1 is 1.64 bits per heavy atom. The third-order valence-corrected chi connectivity index (χ3v) is 3.13. The lowest BCUT2D eigenvalue weighted by Crippen LogP contribution is -2.11. The van der Waals surface area contributed by atoms with E-state index >= 15 is 0 Å². The summed E-state index contributed by atoms with van der Waals surface area (Å²) in [5.41, 5.74) is 6.64. The monoisotopic (exact) mass is 208 g/mol. The van der Waals surface area contributed by atoms with Gasteiger partial charge in [0.05, 0.1) is 18.1 Å². The van der Waals surface area contributed by atoms with E-state index in [1.54, 1.807) is 23.9 Å². The van der Waals surface area contributed by atoms with E-state index in [9.17, 15) is 0 Å². The van der Waals surface area contributed by atoms with Crippen molar-refractivity contribution in [2.45, 2.75) is 19.5 Å². The van der Waals surface area contributed by atoms with Crippen molar-refractivity contribution in [2.24, 2.45) is 5.73 Å². The highest BCUT2D eigenvalue weighted by molar-refractivity contribution is 7.09. The summed E-state index contributed by atoms with van der Waals surface area (Å²) in [6.07, 6.45) is 5.41. The fourth-order valence-electron chi connectivity index (χ4n) is 1.40. The highest BCUT2D eigenvalue weighted by atomic mass is 32.1. The van der Waals surface area contributed by atoms with Crippen LogP contribution in [0.15, 0.2) is 24.1 Å². The lowest BCUT2D eigenvalue weighted by Gasteiger charge is -2.12. The third-order valence-electron chi connectivity index (χ3n) is 2.18. The Morgan fingerprint density at radius 2 is 2.50 bits per heavy atom. The Bertz CT molecular complexity index is 393. The molecule has 0 radical (unpaired) electrons. The molecule has 2 N–H and O–H groups in total. The molecular formula is C9H12N4S. The number of nitrogens with zero attached hydrogens (tertiary/aromatic N) is 3. The van der Waals surface area contributed by atoms with Crippen molar-refractivity contribution >= 4 is 11.3 Å². The average molecular weight is 208 g/mol. The Morgan fingerprint density at radius 3 is 3.14 bits per heavy atom. The number of aromatic nitrogens is 3. The first kappa shape index (κ1) is 9.36. The predicted octanol–water partition coefficient (Wildman–Crippen LogP) is 1.41. The molecule has 0 aliphatic rings. The van der Waals surface area contributed by atoms with Crippen LogP contribution in [0.1, 0.15) is 23.7 Å². The Kier molecular flexibility index (Phi) is 2.60. The smallest absolute Gasteiger partial charge is 0.115 e. The summed E-state index contributed by atoms with van der Waals surface area (Å²) in [6.45, 7) is 2.61. The van der Waals surface area contributed by atoms with Crippen LogP contribution in [0.2, 0.25) is 0 Å². The predicted molar refractivity (Wildman–Crippen MR) is 56.0 cm³/mol. The SMILES string of the molecule is CC(c1nccs1)n1cncc1CN. The summed E-state index contributed by atoms with van der Waals surface area (Å²) in [5, 5.41) is 3.06. The van der Waals surface area contributed by atoms with E-state index in [4.69, 9.17) is 5.73 Å². The summed E-state index contributed by atoms with van der Waals surface area (Å²) in [4.78, 5) is 8.36. The van der Waals surface area contributed by atoms with Gasteiger partial charge in [-0.05, 0) is 6.92 Å². The van der Waals surface area contributed by atoms with Crippen LogP contribution in [0.5, 0.6) is 0 Å². The second-order valence-electron chi connectivity index (χ2n) is 3.04. The molecule has 0 fully saturated rings. The molecule has 0 saturated carbocycles. The van der Waals surface area contributed by atoms with Crippen LogP contribution in [0.3, 0.4) is 0 Å². The molecule has 0 bridgehead atoms. The van der Waals surface area contributed by atoms with Gasteiger partial charge in [-0.1, -0.05) is 0 Å². The van der Waals surface area contributed by atoms with E-state index in [1.807, 2.05) is 11.6 Å². The normalized spacial score (nSPS) is 13.0. The first-order valence-corrected chi connectivity index (χ1v) is 5.31. The maximum absolute atomic E-state index is 5.61. The molecule has 2 aromatic rings. The minimum atomic E-state index is 0.219. The standard InChI is InChI=1S/C9H12N4S/c1-7(9-12-2-3-14-9)13-6-11-5-8(13)4-10/h2-3,5-7H,4,10H2,1H3. The topological polar surface area (TPSA) is 56.7 Å². The van der Waals surface area contributed by atoms with Crippen molar-refractivity contribution < 1.29 is 0 Å². The van der Waals surface area contributed by atoms with E-state index in [-0.39, 0.29) is 6.04 Å². The number of thiazole rings is 1. The lowest BCUT2D eigenvalue weighted by atomic mass is 10.3. The van der Waals surface area contributed by atoms with Crippen LogP contribution >= 0.6 is 11.3 Å². The molecule has 4 nitrogen and oxygen atoms in total. The number of imidazole rings is 1. The molecule has 0 aliphatic heterocycles. The minimum absolute atomic E-state index is 0.219. The zero-order valence-corrected chi connectivity index (χ0v) is 8.74. The average Bonchev–Trinajstić information content (AvgIpc) is 2.87. The van der Waals surface area contributed by atoms with Gasteiger partial charge in [0.2, 0.25) is 0 Å². The molecule has 14 heavy (non-hydrogen) atoms. The number of nitrogens with two attached hydrogens (primary N) is 1. The first-order valence-electron chi connectivity index (χ1n) is 4.43. The molecule has 2 aromatic heterocycles. The first-order chi connectivity index (χ1) is 6.83. The van der Waals surface area contributed by atoms with Gasteiger partial charge in [0.25, 0.3) is 0 Å². The van der Waals surface area contributed by atoms with Gasteiger partial charge in [-0.3, -0.25) is 0 Å². The molecule has 5 heteroatoms. The van der Waals surface area contributed by atoms with Crippen molar-refractivity contribution in [2.75, 3.05) is 0 Å². The molecule has 0 saturated heterocycles. The second-order valence-corrected chi connectivity index (χ2v) is 3.97. The van der Waals surface area contributed by atoms with Gasteiger partial charge in [0.15, 0.2) is 0 Å². The molecule has 2 heterocycles. The van der Waals surface area contributed by atoms with E-state index in [1.165, 1.54) is 0 Å². The summed E-state index contributed by atoms with van der Waals surface area (Å²) in [5.74, 6) is 0. The Balaban J connectivity index is 2.31. The number of hydrogen-bond acceptors (Lipinski definition) is 4. The second kappa shape index (κ2) is 3.89. The van der Waals surface area contributed by atoms with Gasteiger partial charge in [-0.25, -0.2) is 9.97 Å². The van der Waals surface area contributed by atoms with Crippen molar-refractivity contribution in [3.63, 3.8) is 0 Å². The van der Waals surface area contributed by atoms with Crippen LogP contribution in [0.4, 0.5) is 0 Å². The summed E-state index contributed by atoms with van der Waals surface area (Å²) >= 11 is 1.65. The zero-order valence-electron chi connectivity index (χ0n) is 7.92. The molecule has 2 rings (SSSR count). The quantitative estimate of drug-likeness (QED) is 0.829. The van der Waals surface area contributed by atoms with Gasteiger partial charge in [0.1, 0.15) is 5.01 Å².